The first-order chi connectivity index (χ1) is 15.6. The summed E-state index contributed by atoms with van der Waals surface area (Å²) in [4.78, 5) is 54.5. The van der Waals surface area contributed by atoms with Crippen LogP contribution >= 0.6 is 0 Å². The highest BCUT2D eigenvalue weighted by molar-refractivity contribution is 5.94. The number of carbonyl (C=O) groups is 2. The minimum atomic E-state index is -0.193. The second kappa shape index (κ2) is 8.84. The van der Waals surface area contributed by atoms with Crippen molar-refractivity contribution in [1.82, 2.24) is 24.8 Å². The lowest BCUT2D eigenvalue weighted by molar-refractivity contribution is -0.139. The van der Waals surface area contributed by atoms with Crippen LogP contribution in [0.3, 0.4) is 0 Å². The maximum atomic E-state index is 13.2. The number of pyridine rings is 1. The number of fused-ring (bicyclic) bond motifs is 1. The van der Waals surface area contributed by atoms with Crippen LogP contribution in [0.2, 0.25) is 0 Å². The molecule has 32 heavy (non-hydrogen) atoms. The number of aromatic nitrogens is 3. The lowest BCUT2D eigenvalue weighted by atomic mass is 9.97. The molecule has 2 fully saturated rings. The number of H-pyrrole nitrogens is 1. The number of likely N-dealkylation sites (tertiary alicyclic amines) is 1. The number of aromatic amines is 1. The van der Waals surface area contributed by atoms with Gasteiger partial charge in [0.15, 0.2) is 0 Å². The van der Waals surface area contributed by atoms with E-state index in [2.05, 4.69) is 9.97 Å². The van der Waals surface area contributed by atoms with Crippen molar-refractivity contribution in [3.8, 4) is 0 Å². The van der Waals surface area contributed by atoms with E-state index in [0.717, 1.165) is 44.9 Å². The second-order valence-electron chi connectivity index (χ2n) is 9.11. The quantitative estimate of drug-likeness (QED) is 0.799. The van der Waals surface area contributed by atoms with Crippen molar-refractivity contribution in [2.45, 2.75) is 64.0 Å². The number of amides is 2. The molecule has 2 aromatic rings. The molecule has 3 aliphatic rings. The molecule has 5 rings (SSSR count). The average Bonchev–Trinajstić information content (AvgIpc) is 3.38. The Labute approximate surface area is 187 Å². The summed E-state index contributed by atoms with van der Waals surface area (Å²) < 4.78 is 0. The molecule has 4 heterocycles. The molecular weight excluding hydrogens is 406 g/mol. The number of nitrogens with one attached hydrogen (secondary N) is 1. The summed E-state index contributed by atoms with van der Waals surface area (Å²) in [6.07, 6.45) is 10.6. The molecule has 0 spiro atoms. The summed E-state index contributed by atoms with van der Waals surface area (Å²) in [6, 6.07) is 3.20. The van der Waals surface area contributed by atoms with Gasteiger partial charge < -0.3 is 14.8 Å². The Morgan fingerprint density at radius 2 is 1.75 bits per heavy atom. The summed E-state index contributed by atoms with van der Waals surface area (Å²) in [6.45, 7) is 1.50. The fourth-order valence-electron chi connectivity index (χ4n) is 5.35. The molecule has 2 amide bonds. The summed E-state index contributed by atoms with van der Waals surface area (Å²) in [5.41, 5.74) is 1.74. The summed E-state index contributed by atoms with van der Waals surface area (Å²) in [5.74, 6) is 0.797. The number of hydrogen-bond acceptors (Lipinski definition) is 5. The molecule has 168 valence electrons. The van der Waals surface area contributed by atoms with Crippen molar-refractivity contribution >= 4 is 11.8 Å². The summed E-state index contributed by atoms with van der Waals surface area (Å²) in [7, 11) is 0. The van der Waals surface area contributed by atoms with Crippen LogP contribution < -0.4 is 5.56 Å². The Kier molecular flexibility index (Phi) is 5.76. The van der Waals surface area contributed by atoms with Crippen LogP contribution in [0.4, 0.5) is 0 Å². The first-order valence-electron chi connectivity index (χ1n) is 11.7. The first-order valence-corrected chi connectivity index (χ1v) is 11.7. The maximum Gasteiger partial charge on any atom is 0.254 e. The van der Waals surface area contributed by atoms with Gasteiger partial charge in [-0.15, -0.1) is 0 Å². The Morgan fingerprint density at radius 3 is 2.53 bits per heavy atom. The van der Waals surface area contributed by atoms with Crippen LogP contribution in [0.15, 0.2) is 29.3 Å². The largest absolute Gasteiger partial charge is 0.332 e. The number of hydrogen-bond donors (Lipinski definition) is 1. The van der Waals surface area contributed by atoms with Crippen molar-refractivity contribution in [3.63, 3.8) is 0 Å². The van der Waals surface area contributed by atoms with Gasteiger partial charge in [-0.2, -0.15) is 0 Å². The average molecular weight is 436 g/mol. The van der Waals surface area contributed by atoms with E-state index in [9.17, 15) is 14.4 Å². The second-order valence-corrected chi connectivity index (χ2v) is 9.11. The molecule has 0 bridgehead atoms. The highest BCUT2D eigenvalue weighted by atomic mass is 16.2. The molecule has 2 aromatic heterocycles. The van der Waals surface area contributed by atoms with E-state index in [4.69, 9.17) is 4.98 Å². The van der Waals surface area contributed by atoms with Crippen molar-refractivity contribution in [1.29, 1.82) is 0 Å². The van der Waals surface area contributed by atoms with Gasteiger partial charge in [0.05, 0.1) is 18.3 Å². The number of carbonyl (C=O) groups excluding carboxylic acids is 2. The zero-order chi connectivity index (χ0) is 22.1. The van der Waals surface area contributed by atoms with E-state index in [-0.39, 0.29) is 29.3 Å². The predicted octanol–water partition coefficient (Wildman–Crippen LogP) is 2.61. The zero-order valence-electron chi connectivity index (χ0n) is 18.3. The highest BCUT2D eigenvalue weighted by Crippen LogP contribution is 2.34. The third kappa shape index (κ3) is 3.94. The van der Waals surface area contributed by atoms with Crippen molar-refractivity contribution in [3.05, 3.63) is 57.5 Å². The van der Waals surface area contributed by atoms with Crippen LogP contribution in [0.1, 0.15) is 78.4 Å². The van der Waals surface area contributed by atoms with Crippen LogP contribution in [0.5, 0.6) is 0 Å². The monoisotopic (exact) mass is 435 g/mol. The molecule has 8 nitrogen and oxygen atoms in total. The summed E-state index contributed by atoms with van der Waals surface area (Å²) in [5, 5.41) is 0. The Morgan fingerprint density at radius 1 is 1.00 bits per heavy atom. The molecule has 0 aromatic carbocycles. The van der Waals surface area contributed by atoms with E-state index in [1.165, 1.54) is 0 Å². The van der Waals surface area contributed by atoms with Crippen LogP contribution in [-0.2, 0) is 17.8 Å². The molecule has 1 atom stereocenters. The topological polar surface area (TPSA) is 99.3 Å². The van der Waals surface area contributed by atoms with Crippen molar-refractivity contribution in [2.75, 3.05) is 13.1 Å². The van der Waals surface area contributed by atoms with E-state index >= 15 is 0 Å². The van der Waals surface area contributed by atoms with E-state index < -0.39 is 0 Å². The number of nitrogens with zero attached hydrogens (tertiary/aromatic N) is 4. The van der Waals surface area contributed by atoms with Crippen LogP contribution in [0.25, 0.3) is 0 Å². The fraction of sp³-hybridized carbons (Fsp3) is 0.542. The van der Waals surface area contributed by atoms with Crippen LogP contribution in [-0.4, -0.2) is 49.7 Å². The molecule has 1 saturated carbocycles. The van der Waals surface area contributed by atoms with Gasteiger partial charge in [0.2, 0.25) is 5.91 Å². The standard InChI is InChI=1S/C24H29N5O3/c30-22-18-10-14-28(23(31)17-8-11-25-12-9-17)15-19(18)26-21(27-22)20-7-3-4-13-29(20)24(32)16-5-1-2-6-16/h8-9,11-12,16,20H,1-7,10,13-15H2,(H,26,27,30). The van der Waals surface area contributed by atoms with Gasteiger partial charge in [0.25, 0.3) is 11.5 Å². The smallest absolute Gasteiger partial charge is 0.254 e. The molecule has 1 N–H and O–H groups in total. The molecular formula is C24H29N5O3. The lowest BCUT2D eigenvalue weighted by Crippen LogP contribution is -2.44. The minimum absolute atomic E-state index is 0.0858. The Hall–Kier alpha value is -3.03. The fourth-order valence-corrected chi connectivity index (χ4v) is 5.35. The van der Waals surface area contributed by atoms with E-state index in [0.29, 0.717) is 48.7 Å². The maximum absolute atomic E-state index is 13.2. The normalized spacial score (nSPS) is 21.4. The summed E-state index contributed by atoms with van der Waals surface area (Å²) >= 11 is 0. The van der Waals surface area contributed by atoms with Gasteiger partial charge in [0.1, 0.15) is 5.82 Å². The first kappa shape index (κ1) is 20.8. The van der Waals surface area contributed by atoms with Gasteiger partial charge in [-0.25, -0.2) is 4.98 Å². The SMILES string of the molecule is O=C(c1ccncc1)N1CCc2c(nc(C3CCCCN3C(=O)C3CCCC3)[nH]c2=O)C1. The molecule has 2 aliphatic heterocycles. The Balaban J connectivity index is 1.41. The lowest BCUT2D eigenvalue weighted by Gasteiger charge is -2.37. The molecule has 8 heteroatoms. The third-order valence-corrected chi connectivity index (χ3v) is 7.11. The molecule has 1 aliphatic carbocycles. The molecule has 1 saturated heterocycles. The van der Waals surface area contributed by atoms with Crippen LogP contribution in [0, 0.1) is 5.92 Å². The van der Waals surface area contributed by atoms with Gasteiger partial charge in [-0.05, 0) is 50.7 Å². The van der Waals surface area contributed by atoms with Gasteiger partial charge in [-0.1, -0.05) is 12.8 Å². The zero-order valence-corrected chi connectivity index (χ0v) is 18.3. The highest BCUT2D eigenvalue weighted by Gasteiger charge is 2.35. The third-order valence-electron chi connectivity index (χ3n) is 7.11. The molecule has 0 radical (unpaired) electrons. The number of rotatable bonds is 3. The van der Waals surface area contributed by atoms with Crippen molar-refractivity contribution < 1.29 is 9.59 Å². The van der Waals surface area contributed by atoms with E-state index in [1.807, 2.05) is 4.90 Å². The van der Waals surface area contributed by atoms with E-state index in [1.54, 1.807) is 29.4 Å². The Bertz CT molecular complexity index is 1060. The van der Waals surface area contributed by atoms with Gasteiger partial charge >= 0.3 is 0 Å². The number of piperidine rings is 1. The molecule has 1 unspecified atom stereocenters. The van der Waals surface area contributed by atoms with Crippen molar-refractivity contribution in [2.24, 2.45) is 5.92 Å². The van der Waals surface area contributed by atoms with Gasteiger partial charge in [-0.3, -0.25) is 19.4 Å². The minimum Gasteiger partial charge on any atom is -0.332 e. The predicted molar refractivity (Wildman–Crippen MR) is 118 cm³/mol. The van der Waals surface area contributed by atoms with Gasteiger partial charge in [0, 0.05) is 42.5 Å².